The molecule has 258 valence electrons. The number of aromatic nitrogens is 3. The summed E-state index contributed by atoms with van der Waals surface area (Å²) in [6.07, 6.45) is 6.88. The van der Waals surface area contributed by atoms with E-state index in [4.69, 9.17) is 15.0 Å². The van der Waals surface area contributed by atoms with Gasteiger partial charge in [-0.1, -0.05) is 146 Å². The summed E-state index contributed by atoms with van der Waals surface area (Å²) in [4.78, 5) is 15.9. The minimum Gasteiger partial charge on any atom is -0.208 e. The molecular weight excluding hydrogens is 655 g/mol. The lowest BCUT2D eigenvalue weighted by molar-refractivity contribution is -0.0393. The molecule has 54 heavy (non-hydrogen) atoms. The zero-order chi connectivity index (χ0) is 35.4. The van der Waals surface area contributed by atoms with Gasteiger partial charge < -0.3 is 0 Å². The Balaban J connectivity index is 1.13. The van der Waals surface area contributed by atoms with Crippen molar-refractivity contribution < 1.29 is 0 Å². The zero-order valence-electron chi connectivity index (χ0n) is 30.1. The monoisotopic (exact) mass is 693 g/mol. The standard InChI is InChI=1S/C51H39N3/c1-3-11-33(12-4-1)34-19-21-36(22-20-34)49-52-48(35-13-5-2-6-14-35)53-50(54-49)46-40-16-8-7-15-37(40)30-44-42(46)23-24-43-41-17-9-10-18-45(41)51(47(43)44)38-26-31-25-32(28-38)29-39(51)27-31/h1-24,30-32,38-39H,25-29H2. The molecule has 0 aliphatic heterocycles. The fourth-order valence-corrected chi connectivity index (χ4v) is 11.8. The van der Waals surface area contributed by atoms with Crippen molar-refractivity contribution in [3.05, 3.63) is 163 Å². The van der Waals surface area contributed by atoms with Gasteiger partial charge in [-0.25, -0.2) is 15.0 Å². The highest BCUT2D eigenvalue weighted by Gasteiger charge is 2.62. The highest BCUT2D eigenvalue weighted by atomic mass is 15.0. The zero-order valence-corrected chi connectivity index (χ0v) is 30.1. The molecule has 0 N–H and O–H groups in total. The van der Waals surface area contributed by atoms with E-state index >= 15 is 0 Å². The molecule has 4 fully saturated rings. The molecule has 3 heteroatoms. The second kappa shape index (κ2) is 11.5. The summed E-state index contributed by atoms with van der Waals surface area (Å²) in [5.74, 6) is 5.25. The molecule has 5 aliphatic rings. The maximum atomic E-state index is 5.39. The quantitative estimate of drug-likeness (QED) is 0.172. The van der Waals surface area contributed by atoms with Gasteiger partial charge >= 0.3 is 0 Å². The fourth-order valence-electron chi connectivity index (χ4n) is 11.8. The number of nitrogens with zero attached hydrogens (tertiary/aromatic N) is 3. The van der Waals surface area contributed by atoms with Gasteiger partial charge in [0.2, 0.25) is 0 Å². The fraction of sp³-hybridized carbons (Fsp3) is 0.196. The Morgan fingerprint density at radius 3 is 1.69 bits per heavy atom. The Kier molecular flexibility index (Phi) is 6.52. The first-order chi connectivity index (χ1) is 26.7. The summed E-state index contributed by atoms with van der Waals surface area (Å²) in [6, 6.07) is 55.2. The van der Waals surface area contributed by atoms with E-state index in [0.29, 0.717) is 23.5 Å². The first kappa shape index (κ1) is 30.5. The number of benzene rings is 7. The van der Waals surface area contributed by atoms with E-state index in [1.54, 1.807) is 11.1 Å². The molecule has 13 rings (SSSR count). The van der Waals surface area contributed by atoms with Gasteiger partial charge in [0, 0.05) is 22.1 Å². The maximum absolute atomic E-state index is 5.39. The molecule has 0 amide bonds. The third-order valence-electron chi connectivity index (χ3n) is 13.7. The van der Waals surface area contributed by atoms with Crippen LogP contribution in [0, 0.1) is 23.7 Å². The average molecular weight is 694 g/mol. The number of hydrogen-bond acceptors (Lipinski definition) is 3. The molecule has 0 radical (unpaired) electrons. The van der Waals surface area contributed by atoms with Crippen LogP contribution in [0.15, 0.2) is 152 Å². The van der Waals surface area contributed by atoms with E-state index in [0.717, 1.165) is 34.4 Å². The molecule has 7 aromatic carbocycles. The first-order valence-corrected chi connectivity index (χ1v) is 19.8. The van der Waals surface area contributed by atoms with Gasteiger partial charge in [-0.05, 0) is 117 Å². The van der Waals surface area contributed by atoms with Gasteiger partial charge in [0.05, 0.1) is 0 Å². The van der Waals surface area contributed by atoms with Gasteiger partial charge in [-0.2, -0.15) is 0 Å². The van der Waals surface area contributed by atoms with Crippen molar-refractivity contribution in [2.75, 3.05) is 0 Å². The molecule has 5 aliphatic carbocycles. The molecule has 4 saturated carbocycles. The Bertz CT molecular complexity index is 2740. The Morgan fingerprint density at radius 2 is 0.963 bits per heavy atom. The van der Waals surface area contributed by atoms with Crippen molar-refractivity contribution in [3.63, 3.8) is 0 Å². The van der Waals surface area contributed by atoms with E-state index in [1.807, 2.05) is 6.07 Å². The van der Waals surface area contributed by atoms with Crippen molar-refractivity contribution in [3.8, 4) is 56.4 Å². The van der Waals surface area contributed by atoms with Crippen molar-refractivity contribution in [2.24, 2.45) is 23.7 Å². The molecule has 1 aromatic heterocycles. The highest BCUT2D eigenvalue weighted by molar-refractivity contribution is 6.15. The summed E-state index contributed by atoms with van der Waals surface area (Å²) in [5.41, 5.74) is 11.5. The topological polar surface area (TPSA) is 38.7 Å². The molecule has 4 bridgehead atoms. The Hall–Kier alpha value is -5.93. The predicted molar refractivity (Wildman–Crippen MR) is 220 cm³/mol. The predicted octanol–water partition coefficient (Wildman–Crippen LogP) is 12.6. The number of hydrogen-bond donors (Lipinski definition) is 0. The molecule has 8 aromatic rings. The lowest BCUT2D eigenvalue weighted by Gasteiger charge is -2.61. The van der Waals surface area contributed by atoms with E-state index < -0.39 is 0 Å². The molecule has 0 saturated heterocycles. The minimum absolute atomic E-state index is 0.0541. The van der Waals surface area contributed by atoms with Gasteiger partial charge in [0.25, 0.3) is 0 Å². The third kappa shape index (κ3) is 4.33. The summed E-state index contributed by atoms with van der Waals surface area (Å²) in [7, 11) is 0. The van der Waals surface area contributed by atoms with Crippen LogP contribution in [-0.2, 0) is 5.41 Å². The van der Waals surface area contributed by atoms with Crippen LogP contribution in [0.3, 0.4) is 0 Å². The summed E-state index contributed by atoms with van der Waals surface area (Å²) in [6.45, 7) is 0. The van der Waals surface area contributed by atoms with Gasteiger partial charge in [-0.15, -0.1) is 0 Å². The molecule has 0 atom stereocenters. The SMILES string of the molecule is c1ccc(-c2ccc(-c3nc(-c4ccccc4)nc(-c4c5ccccc5cc5c6c(ccc45)-c4ccccc4C64C5CC6CC(C5)CC4C6)n3)cc2)cc1. The first-order valence-electron chi connectivity index (χ1n) is 19.8. The summed E-state index contributed by atoms with van der Waals surface area (Å²) in [5, 5.41) is 5.03. The maximum Gasteiger partial charge on any atom is 0.165 e. The lowest BCUT2D eigenvalue weighted by atomic mass is 9.43. The van der Waals surface area contributed by atoms with Crippen LogP contribution in [0.1, 0.15) is 43.2 Å². The Morgan fingerprint density at radius 1 is 0.407 bits per heavy atom. The van der Waals surface area contributed by atoms with Crippen molar-refractivity contribution in [2.45, 2.75) is 37.5 Å². The van der Waals surface area contributed by atoms with E-state index in [1.165, 1.54) is 75.9 Å². The van der Waals surface area contributed by atoms with Crippen LogP contribution in [-0.4, -0.2) is 15.0 Å². The van der Waals surface area contributed by atoms with Gasteiger partial charge in [0.15, 0.2) is 17.5 Å². The van der Waals surface area contributed by atoms with E-state index in [2.05, 4.69) is 146 Å². The molecular formula is C51H39N3. The van der Waals surface area contributed by atoms with Gasteiger partial charge in [-0.3, -0.25) is 0 Å². The van der Waals surface area contributed by atoms with Gasteiger partial charge in [0.1, 0.15) is 0 Å². The van der Waals surface area contributed by atoms with Crippen LogP contribution in [0.4, 0.5) is 0 Å². The van der Waals surface area contributed by atoms with Crippen LogP contribution < -0.4 is 0 Å². The number of rotatable bonds is 4. The van der Waals surface area contributed by atoms with Crippen LogP contribution in [0.2, 0.25) is 0 Å². The third-order valence-corrected chi connectivity index (χ3v) is 13.7. The molecule has 3 nitrogen and oxygen atoms in total. The van der Waals surface area contributed by atoms with Crippen molar-refractivity contribution in [1.82, 2.24) is 15.0 Å². The normalized spacial score (nSPS) is 23.3. The second-order valence-corrected chi connectivity index (χ2v) is 16.4. The second-order valence-electron chi connectivity index (χ2n) is 16.4. The average Bonchev–Trinajstić information content (AvgIpc) is 3.53. The minimum atomic E-state index is 0.0541. The van der Waals surface area contributed by atoms with Crippen LogP contribution in [0.5, 0.6) is 0 Å². The number of fused-ring (bicyclic) bond motifs is 6. The molecule has 1 spiro atoms. The van der Waals surface area contributed by atoms with Crippen LogP contribution >= 0.6 is 0 Å². The summed E-state index contributed by atoms with van der Waals surface area (Å²) >= 11 is 0. The highest BCUT2D eigenvalue weighted by Crippen LogP contribution is 2.70. The van der Waals surface area contributed by atoms with Crippen molar-refractivity contribution >= 4 is 21.5 Å². The largest absolute Gasteiger partial charge is 0.208 e. The molecule has 1 heterocycles. The van der Waals surface area contributed by atoms with Crippen molar-refractivity contribution in [1.29, 1.82) is 0 Å². The Labute approximate surface area is 315 Å². The van der Waals surface area contributed by atoms with E-state index in [-0.39, 0.29) is 5.41 Å². The van der Waals surface area contributed by atoms with Crippen LogP contribution in [0.25, 0.3) is 78.0 Å². The lowest BCUT2D eigenvalue weighted by Crippen LogP contribution is -2.55. The smallest absolute Gasteiger partial charge is 0.165 e. The molecule has 0 unspecified atom stereocenters. The summed E-state index contributed by atoms with van der Waals surface area (Å²) < 4.78 is 0. The van der Waals surface area contributed by atoms with E-state index in [9.17, 15) is 0 Å².